The smallest absolute Gasteiger partial charge is 0.168 e. The van der Waals surface area contributed by atoms with Crippen molar-refractivity contribution in [1.82, 2.24) is 24.6 Å². The number of aromatic amines is 1. The van der Waals surface area contributed by atoms with Gasteiger partial charge in [-0.15, -0.1) is 0 Å². The van der Waals surface area contributed by atoms with Crippen LogP contribution in [0, 0.1) is 34.3 Å². The second-order valence-electron chi connectivity index (χ2n) is 10.2. The zero-order valence-corrected chi connectivity index (χ0v) is 21.3. The van der Waals surface area contributed by atoms with Crippen LogP contribution in [0.1, 0.15) is 42.9 Å². The molecule has 1 N–H and O–H groups in total. The highest BCUT2D eigenvalue weighted by Gasteiger charge is 2.30. The van der Waals surface area contributed by atoms with Crippen LogP contribution in [0.4, 0.5) is 20.3 Å². The molecule has 2 saturated heterocycles. The van der Waals surface area contributed by atoms with E-state index >= 15 is 0 Å². The Balaban J connectivity index is 1.28. The average molecular weight is 536 g/mol. The molecule has 2 atom stereocenters. The second-order valence-corrected chi connectivity index (χ2v) is 10.2. The molecule has 0 bridgehead atoms. The van der Waals surface area contributed by atoms with Gasteiger partial charge in [-0.05, 0) is 62.1 Å². The minimum Gasteiger partial charge on any atom is -0.355 e. The number of halogens is 2. The van der Waals surface area contributed by atoms with Crippen molar-refractivity contribution in [1.29, 1.82) is 10.5 Å². The van der Waals surface area contributed by atoms with Gasteiger partial charge >= 0.3 is 0 Å². The third-order valence-corrected chi connectivity index (χ3v) is 7.90. The van der Waals surface area contributed by atoms with E-state index in [-0.39, 0.29) is 12.1 Å². The molecule has 0 amide bonds. The standard InChI is InChI=1S/C29H23F2N9/c30-18-5-6-22(31)20(12-18)25-4-2-9-39(25)27-7-10-40-29(37-27)21(16-34-40)28-35-23-11-17(14-32)26(13-24(23)36-28)38-8-1-3-19(38)15-33/h5-7,10-13,16,19,25H,1-4,8-9H2,(H,35,36)/t19-,25+/m0/s1. The van der Waals surface area contributed by atoms with Crippen LogP contribution in [0.2, 0.25) is 0 Å². The zero-order chi connectivity index (χ0) is 27.4. The van der Waals surface area contributed by atoms with Crippen molar-refractivity contribution in [2.24, 2.45) is 0 Å². The minimum atomic E-state index is -0.467. The molecule has 5 aromatic rings. The Bertz CT molecular complexity index is 1860. The Labute approximate surface area is 227 Å². The maximum absolute atomic E-state index is 14.6. The lowest BCUT2D eigenvalue weighted by atomic mass is 10.0. The summed E-state index contributed by atoms with van der Waals surface area (Å²) in [5.74, 6) is 0.285. The maximum atomic E-state index is 14.6. The summed E-state index contributed by atoms with van der Waals surface area (Å²) in [5.41, 5.74) is 4.11. The van der Waals surface area contributed by atoms with Crippen LogP contribution in [0.3, 0.4) is 0 Å². The number of aromatic nitrogens is 5. The summed E-state index contributed by atoms with van der Waals surface area (Å²) in [5, 5.41) is 23.8. The van der Waals surface area contributed by atoms with Gasteiger partial charge in [0.15, 0.2) is 5.65 Å². The van der Waals surface area contributed by atoms with E-state index in [1.165, 1.54) is 12.1 Å². The molecule has 9 nitrogen and oxygen atoms in total. The number of imidazole rings is 1. The molecule has 0 radical (unpaired) electrons. The third-order valence-electron chi connectivity index (χ3n) is 7.90. The molecule has 5 heterocycles. The van der Waals surface area contributed by atoms with E-state index in [2.05, 4.69) is 22.2 Å². The van der Waals surface area contributed by atoms with E-state index in [0.29, 0.717) is 52.5 Å². The van der Waals surface area contributed by atoms with E-state index in [1.807, 2.05) is 21.9 Å². The number of fused-ring (bicyclic) bond motifs is 2. The minimum absolute atomic E-state index is 0.260. The van der Waals surface area contributed by atoms with Crippen LogP contribution in [-0.2, 0) is 0 Å². The number of hydrogen-bond acceptors (Lipinski definition) is 7. The number of hydrogen-bond donors (Lipinski definition) is 1. The summed E-state index contributed by atoms with van der Waals surface area (Å²) in [6, 6.07) is 13.0. The van der Waals surface area contributed by atoms with E-state index < -0.39 is 11.6 Å². The van der Waals surface area contributed by atoms with Crippen molar-refractivity contribution in [3.63, 3.8) is 0 Å². The number of nitrogens with one attached hydrogen (secondary N) is 1. The molecule has 40 heavy (non-hydrogen) atoms. The van der Waals surface area contributed by atoms with E-state index in [9.17, 15) is 19.3 Å². The number of H-pyrrole nitrogens is 1. The SMILES string of the molecule is N#Cc1cc2nc(-c3cnn4ccc(N5CCC[C@@H]5c5cc(F)ccc5F)nc34)[nH]c2cc1N1CCC[C@H]1C#N. The van der Waals surface area contributed by atoms with Crippen LogP contribution in [0.15, 0.2) is 48.8 Å². The summed E-state index contributed by atoms with van der Waals surface area (Å²) in [7, 11) is 0. The van der Waals surface area contributed by atoms with Crippen LogP contribution < -0.4 is 9.80 Å². The fourth-order valence-electron chi connectivity index (χ4n) is 6.01. The predicted octanol–water partition coefficient (Wildman–Crippen LogP) is 5.26. The number of benzene rings is 2. The summed E-state index contributed by atoms with van der Waals surface area (Å²) in [6.45, 7) is 1.38. The Hall–Kier alpha value is -5.03. The van der Waals surface area contributed by atoms with Gasteiger partial charge < -0.3 is 14.8 Å². The van der Waals surface area contributed by atoms with Gasteiger partial charge in [-0.1, -0.05) is 0 Å². The molecule has 2 aromatic carbocycles. The largest absolute Gasteiger partial charge is 0.355 e. The third kappa shape index (κ3) is 3.82. The molecule has 198 valence electrons. The van der Waals surface area contributed by atoms with Gasteiger partial charge in [0.2, 0.25) is 0 Å². The molecule has 2 aliphatic heterocycles. The fourth-order valence-corrected chi connectivity index (χ4v) is 6.01. The van der Waals surface area contributed by atoms with Gasteiger partial charge in [-0.3, -0.25) is 0 Å². The number of nitriles is 2. The van der Waals surface area contributed by atoms with Crippen LogP contribution in [0.25, 0.3) is 28.1 Å². The molecule has 2 aliphatic rings. The molecule has 3 aromatic heterocycles. The predicted molar refractivity (Wildman–Crippen MR) is 144 cm³/mol. The first-order valence-corrected chi connectivity index (χ1v) is 13.2. The number of nitrogens with zero attached hydrogens (tertiary/aromatic N) is 8. The van der Waals surface area contributed by atoms with Crippen LogP contribution >= 0.6 is 0 Å². The first-order chi connectivity index (χ1) is 19.5. The monoisotopic (exact) mass is 535 g/mol. The first-order valence-electron chi connectivity index (χ1n) is 13.2. The van der Waals surface area contributed by atoms with Gasteiger partial charge in [-0.25, -0.2) is 23.3 Å². The Morgan fingerprint density at radius 3 is 2.67 bits per heavy atom. The topological polar surface area (TPSA) is 113 Å². The molecule has 7 rings (SSSR count). The number of anilines is 2. The summed E-state index contributed by atoms with van der Waals surface area (Å²) >= 11 is 0. The van der Waals surface area contributed by atoms with Gasteiger partial charge in [0.1, 0.15) is 35.4 Å². The van der Waals surface area contributed by atoms with E-state index in [0.717, 1.165) is 43.1 Å². The van der Waals surface area contributed by atoms with Crippen molar-refractivity contribution < 1.29 is 8.78 Å². The first kappa shape index (κ1) is 24.0. The molecule has 2 fully saturated rings. The highest BCUT2D eigenvalue weighted by atomic mass is 19.1. The molecule has 0 saturated carbocycles. The lowest BCUT2D eigenvalue weighted by Gasteiger charge is -2.26. The van der Waals surface area contributed by atoms with Crippen molar-refractivity contribution in [3.05, 3.63) is 71.6 Å². The van der Waals surface area contributed by atoms with Crippen LogP contribution in [-0.4, -0.2) is 43.7 Å². The lowest BCUT2D eigenvalue weighted by Crippen LogP contribution is -2.28. The fraction of sp³-hybridized carbons (Fsp3) is 0.276. The number of rotatable bonds is 4. The van der Waals surface area contributed by atoms with Gasteiger partial charge in [0.25, 0.3) is 0 Å². The average Bonchev–Trinajstić information content (AvgIpc) is 3.77. The summed E-state index contributed by atoms with van der Waals surface area (Å²) < 4.78 is 30.3. The Morgan fingerprint density at radius 2 is 1.82 bits per heavy atom. The van der Waals surface area contributed by atoms with Crippen molar-refractivity contribution in [3.8, 4) is 23.5 Å². The van der Waals surface area contributed by atoms with Gasteiger partial charge in [0.05, 0.1) is 46.2 Å². The second kappa shape index (κ2) is 9.31. The molecule has 0 spiro atoms. The summed E-state index contributed by atoms with van der Waals surface area (Å²) in [4.78, 5) is 17.0. The Kier molecular flexibility index (Phi) is 5.60. The van der Waals surface area contributed by atoms with Crippen molar-refractivity contribution in [2.75, 3.05) is 22.9 Å². The molecule has 11 heteroatoms. The highest BCUT2D eigenvalue weighted by Crippen LogP contribution is 2.38. The molecular weight excluding hydrogens is 512 g/mol. The van der Waals surface area contributed by atoms with Crippen LogP contribution in [0.5, 0.6) is 0 Å². The Morgan fingerprint density at radius 1 is 0.975 bits per heavy atom. The van der Waals surface area contributed by atoms with E-state index in [4.69, 9.17) is 9.97 Å². The van der Waals surface area contributed by atoms with E-state index in [1.54, 1.807) is 23.0 Å². The van der Waals surface area contributed by atoms with Crippen molar-refractivity contribution in [2.45, 2.75) is 37.8 Å². The quantitative estimate of drug-likeness (QED) is 0.334. The zero-order valence-electron chi connectivity index (χ0n) is 21.3. The molecule has 0 unspecified atom stereocenters. The van der Waals surface area contributed by atoms with Gasteiger partial charge in [0, 0.05) is 24.8 Å². The summed E-state index contributed by atoms with van der Waals surface area (Å²) in [6.07, 6.45) is 6.66. The highest BCUT2D eigenvalue weighted by molar-refractivity contribution is 5.88. The lowest BCUT2D eigenvalue weighted by molar-refractivity contribution is 0.560. The maximum Gasteiger partial charge on any atom is 0.168 e. The van der Waals surface area contributed by atoms with Gasteiger partial charge in [-0.2, -0.15) is 15.6 Å². The molecular formula is C29H23F2N9. The molecule has 0 aliphatic carbocycles. The normalized spacial score (nSPS) is 19.0. The van der Waals surface area contributed by atoms with Crippen molar-refractivity contribution >= 4 is 28.2 Å².